The first-order valence-electron chi connectivity index (χ1n) is 11.0. The van der Waals surface area contributed by atoms with Crippen molar-refractivity contribution in [2.75, 3.05) is 6.54 Å². The van der Waals surface area contributed by atoms with E-state index in [1.165, 1.54) is 16.2 Å². The molecule has 3 fully saturated rings. The normalized spacial score (nSPS) is 34.5. The Morgan fingerprint density at radius 3 is 2.53 bits per heavy atom. The molecule has 166 valence electrons. The van der Waals surface area contributed by atoms with Gasteiger partial charge in [0.1, 0.15) is 0 Å². The molecule has 2 N–H and O–H groups in total. The van der Waals surface area contributed by atoms with Gasteiger partial charge in [0.2, 0.25) is 11.8 Å². The number of likely N-dealkylation sites (tertiary alicyclic amines) is 1. The first-order chi connectivity index (χ1) is 15.5. The molecule has 2 amide bonds. The van der Waals surface area contributed by atoms with E-state index in [0.29, 0.717) is 0 Å². The number of thioether (sulfide) groups is 1. The van der Waals surface area contributed by atoms with Crippen molar-refractivity contribution in [3.05, 3.63) is 50.4 Å². The van der Waals surface area contributed by atoms with Crippen molar-refractivity contribution in [1.29, 1.82) is 0 Å². The maximum absolute atomic E-state index is 13.3. The van der Waals surface area contributed by atoms with Crippen molar-refractivity contribution in [3.63, 3.8) is 0 Å². The summed E-state index contributed by atoms with van der Waals surface area (Å²) in [6.45, 7) is 0.182. The Bertz CT molecular complexity index is 1170. The number of aromatic nitrogens is 1. The van der Waals surface area contributed by atoms with Crippen LogP contribution in [0.1, 0.15) is 35.6 Å². The van der Waals surface area contributed by atoms with Crippen molar-refractivity contribution in [3.8, 4) is 0 Å². The van der Waals surface area contributed by atoms with Crippen LogP contribution in [0.25, 0.3) is 0 Å². The number of aliphatic carboxylic acids is 1. The number of hydrogen-bond donors (Lipinski definition) is 2. The summed E-state index contributed by atoms with van der Waals surface area (Å²) in [5.74, 6) is -1.36. The number of aromatic amines is 1. The number of amides is 2. The van der Waals surface area contributed by atoms with Gasteiger partial charge in [-0.1, -0.05) is 41.7 Å². The molecule has 6 rings (SSSR count). The monoisotopic (exact) mass is 470 g/mol. The van der Waals surface area contributed by atoms with E-state index in [1.54, 1.807) is 11.8 Å². The van der Waals surface area contributed by atoms with Gasteiger partial charge < -0.3 is 10.1 Å². The van der Waals surface area contributed by atoms with E-state index < -0.39 is 5.97 Å². The van der Waals surface area contributed by atoms with Crippen LogP contribution >= 0.6 is 23.1 Å². The van der Waals surface area contributed by atoms with E-state index in [0.717, 1.165) is 21.9 Å². The standard InChI is InChI=1S/C23H22N2O5S2/c26-13(27)7-4-8-25-21(28)16-11-9-12(17(16)22(25)29)18-15(11)14(10-5-2-1-3-6-10)19-20(31-18)24-23(30)32-19/h1-3,5-6,11-12,14-18H,4,7-9H2,(H,24,30)(H,26,27)/t11-,12-,14+,15+,16-,17+,18-/m1/s1. The van der Waals surface area contributed by atoms with Crippen LogP contribution in [-0.2, 0) is 14.4 Å². The van der Waals surface area contributed by atoms with Gasteiger partial charge in [-0.2, -0.15) is 0 Å². The number of fused-ring (bicyclic) bond motifs is 9. The zero-order valence-corrected chi connectivity index (χ0v) is 18.7. The van der Waals surface area contributed by atoms with Crippen molar-refractivity contribution < 1.29 is 19.5 Å². The average Bonchev–Trinajstić information content (AvgIpc) is 3.49. The summed E-state index contributed by atoms with van der Waals surface area (Å²) in [4.78, 5) is 55.0. The highest BCUT2D eigenvalue weighted by Gasteiger charge is 2.69. The molecule has 32 heavy (non-hydrogen) atoms. The minimum absolute atomic E-state index is 0.0429. The Balaban J connectivity index is 1.37. The molecule has 7 nitrogen and oxygen atoms in total. The summed E-state index contributed by atoms with van der Waals surface area (Å²) in [6, 6.07) is 10.2. The van der Waals surface area contributed by atoms with Crippen LogP contribution < -0.4 is 4.87 Å². The summed E-state index contributed by atoms with van der Waals surface area (Å²) >= 11 is 2.94. The largest absolute Gasteiger partial charge is 0.481 e. The third-order valence-corrected chi connectivity index (χ3v) is 10.3. The van der Waals surface area contributed by atoms with Gasteiger partial charge in [0.25, 0.3) is 0 Å². The number of hydrogen-bond acceptors (Lipinski definition) is 6. The fourth-order valence-corrected chi connectivity index (χ4v) is 9.61. The lowest BCUT2D eigenvalue weighted by molar-refractivity contribution is -0.142. The average molecular weight is 471 g/mol. The van der Waals surface area contributed by atoms with Crippen molar-refractivity contribution in [2.24, 2.45) is 29.6 Å². The van der Waals surface area contributed by atoms with Crippen LogP contribution in [0.5, 0.6) is 0 Å². The fraction of sp³-hybridized carbons (Fsp3) is 0.478. The Morgan fingerprint density at radius 2 is 1.81 bits per heavy atom. The van der Waals surface area contributed by atoms with Gasteiger partial charge in [-0.25, -0.2) is 0 Å². The van der Waals surface area contributed by atoms with Gasteiger partial charge in [-0.05, 0) is 36.2 Å². The van der Waals surface area contributed by atoms with E-state index in [9.17, 15) is 19.2 Å². The number of benzene rings is 1. The van der Waals surface area contributed by atoms with Crippen molar-refractivity contribution >= 4 is 40.9 Å². The molecule has 2 saturated carbocycles. The van der Waals surface area contributed by atoms with Crippen molar-refractivity contribution in [2.45, 2.75) is 35.5 Å². The van der Waals surface area contributed by atoms with Gasteiger partial charge in [0.15, 0.2) is 0 Å². The quantitative estimate of drug-likeness (QED) is 0.651. The lowest BCUT2D eigenvalue weighted by Gasteiger charge is -2.43. The number of nitrogens with zero attached hydrogens (tertiary/aromatic N) is 1. The minimum Gasteiger partial charge on any atom is -0.481 e. The maximum atomic E-state index is 13.3. The van der Waals surface area contributed by atoms with Gasteiger partial charge in [-0.15, -0.1) is 11.8 Å². The van der Waals surface area contributed by atoms with Crippen LogP contribution in [0.2, 0.25) is 0 Å². The second-order valence-corrected chi connectivity index (χ2v) is 11.4. The van der Waals surface area contributed by atoms with Crippen LogP contribution in [0.15, 0.2) is 40.2 Å². The molecule has 0 unspecified atom stereocenters. The van der Waals surface area contributed by atoms with E-state index >= 15 is 0 Å². The summed E-state index contributed by atoms with van der Waals surface area (Å²) < 4.78 is 0. The topological polar surface area (TPSA) is 108 Å². The van der Waals surface area contributed by atoms with Crippen LogP contribution in [0.3, 0.4) is 0 Å². The molecule has 2 bridgehead atoms. The number of H-pyrrole nitrogens is 1. The number of carboxylic acids is 1. The highest BCUT2D eigenvalue weighted by molar-refractivity contribution is 8.00. The maximum Gasteiger partial charge on any atom is 0.305 e. The predicted octanol–water partition coefficient (Wildman–Crippen LogP) is 2.77. The lowest BCUT2D eigenvalue weighted by Crippen LogP contribution is -2.42. The second-order valence-electron chi connectivity index (χ2n) is 9.20. The molecule has 7 atom stereocenters. The van der Waals surface area contributed by atoms with E-state index in [-0.39, 0.29) is 76.8 Å². The molecule has 9 heteroatoms. The number of carbonyl (C=O) groups excluding carboxylic acids is 2. The molecule has 0 radical (unpaired) electrons. The fourth-order valence-electron chi connectivity index (χ4n) is 6.72. The van der Waals surface area contributed by atoms with Crippen molar-refractivity contribution in [1.82, 2.24) is 9.88 Å². The highest BCUT2D eigenvalue weighted by atomic mass is 32.2. The van der Waals surface area contributed by atoms with E-state index in [2.05, 4.69) is 17.1 Å². The Labute approximate surface area is 192 Å². The number of nitrogens with one attached hydrogen (secondary N) is 1. The third kappa shape index (κ3) is 2.80. The van der Waals surface area contributed by atoms with Gasteiger partial charge >= 0.3 is 10.8 Å². The van der Waals surface area contributed by atoms with Gasteiger partial charge in [0.05, 0.1) is 16.9 Å². The first kappa shape index (κ1) is 20.2. The molecular formula is C23H22N2O5S2. The lowest BCUT2D eigenvalue weighted by atomic mass is 9.68. The highest BCUT2D eigenvalue weighted by Crippen LogP contribution is 2.68. The predicted molar refractivity (Wildman–Crippen MR) is 119 cm³/mol. The van der Waals surface area contributed by atoms with E-state index in [1.807, 2.05) is 18.2 Å². The summed E-state index contributed by atoms with van der Waals surface area (Å²) in [6.07, 6.45) is 1.10. The zero-order chi connectivity index (χ0) is 22.1. The van der Waals surface area contributed by atoms with Crippen LogP contribution in [0, 0.1) is 29.6 Å². The second kappa shape index (κ2) is 7.31. The molecule has 2 aromatic rings. The Hall–Kier alpha value is -2.39. The Morgan fingerprint density at radius 1 is 1.09 bits per heavy atom. The number of thiazole rings is 1. The van der Waals surface area contributed by atoms with Gasteiger partial charge in [0, 0.05) is 29.0 Å². The van der Waals surface area contributed by atoms with Gasteiger partial charge in [-0.3, -0.25) is 24.1 Å². The molecular weight excluding hydrogens is 448 g/mol. The number of carbonyl (C=O) groups is 3. The molecule has 0 spiro atoms. The number of imide groups is 1. The number of rotatable bonds is 5. The molecule has 1 saturated heterocycles. The summed E-state index contributed by atoms with van der Waals surface area (Å²) in [5, 5.41) is 10.0. The zero-order valence-electron chi connectivity index (χ0n) is 17.1. The Kier molecular flexibility index (Phi) is 4.62. The van der Waals surface area contributed by atoms with Crippen LogP contribution in [-0.4, -0.2) is 44.6 Å². The summed E-state index contributed by atoms with van der Waals surface area (Å²) in [7, 11) is 0. The smallest absolute Gasteiger partial charge is 0.305 e. The first-order valence-corrected chi connectivity index (χ1v) is 12.7. The molecule has 4 aliphatic rings. The van der Waals surface area contributed by atoms with E-state index in [4.69, 9.17) is 5.11 Å². The molecule has 1 aromatic carbocycles. The third-order valence-electron chi connectivity index (χ3n) is 7.75. The molecule has 3 heterocycles. The summed E-state index contributed by atoms with van der Waals surface area (Å²) in [5.41, 5.74) is 1.15. The SMILES string of the molecule is O=C(O)CCCN1C(=O)[C@@H]2[C@@H]3C[C@@H]([C@H]4Sc5[nH]c(=O)sc5[C@@H](c5ccccc5)[C@H]34)[C@@H]2C1=O. The molecule has 1 aromatic heterocycles. The molecule has 2 aliphatic heterocycles. The number of carboxylic acid groups (broad SMARTS) is 1. The minimum atomic E-state index is -0.919. The van der Waals surface area contributed by atoms with Crippen LogP contribution in [0.4, 0.5) is 0 Å². The molecule has 2 aliphatic carbocycles.